The van der Waals surface area contributed by atoms with E-state index in [1.54, 1.807) is 18.2 Å². The maximum absolute atomic E-state index is 9.99. The summed E-state index contributed by atoms with van der Waals surface area (Å²) in [7, 11) is 0. The van der Waals surface area contributed by atoms with Crippen molar-refractivity contribution >= 4 is 0 Å². The second-order valence-electron chi connectivity index (χ2n) is 9.01. The maximum atomic E-state index is 9.99. The first-order chi connectivity index (χ1) is 12.3. The highest BCUT2D eigenvalue weighted by Gasteiger charge is 2.42. The van der Waals surface area contributed by atoms with Crippen molar-refractivity contribution in [2.45, 2.75) is 45.4 Å². The van der Waals surface area contributed by atoms with Crippen LogP contribution in [-0.2, 0) is 11.8 Å². The Kier molecular flexibility index (Phi) is 5.29. The van der Waals surface area contributed by atoms with Gasteiger partial charge in [-0.2, -0.15) is 0 Å². The zero-order valence-corrected chi connectivity index (χ0v) is 16.2. The van der Waals surface area contributed by atoms with Gasteiger partial charge >= 0.3 is 0 Å². The molecule has 2 aromatic carbocycles. The molecular formula is C23H31NO2. The van der Waals surface area contributed by atoms with Crippen molar-refractivity contribution in [2.75, 3.05) is 19.6 Å². The molecular weight excluding hydrogens is 322 g/mol. The molecule has 0 aliphatic carbocycles. The highest BCUT2D eigenvalue weighted by atomic mass is 16.3. The summed E-state index contributed by atoms with van der Waals surface area (Å²) in [6.45, 7) is 10.1. The molecule has 1 atom stereocenters. The van der Waals surface area contributed by atoms with Crippen molar-refractivity contribution in [3.8, 4) is 11.5 Å². The van der Waals surface area contributed by atoms with Crippen molar-refractivity contribution in [1.82, 2.24) is 4.90 Å². The van der Waals surface area contributed by atoms with Gasteiger partial charge in [0.2, 0.25) is 0 Å². The molecule has 1 unspecified atom stereocenters. The first-order valence-corrected chi connectivity index (χ1v) is 9.56. The zero-order chi connectivity index (χ0) is 18.8. The number of phenols is 2. The average molecular weight is 354 g/mol. The Morgan fingerprint density at radius 2 is 1.73 bits per heavy atom. The summed E-state index contributed by atoms with van der Waals surface area (Å²) in [5, 5.41) is 19.4. The Morgan fingerprint density at radius 1 is 1.00 bits per heavy atom. The number of hydrogen-bond donors (Lipinski definition) is 2. The Morgan fingerprint density at radius 3 is 2.38 bits per heavy atom. The van der Waals surface area contributed by atoms with Gasteiger partial charge in [0.05, 0.1) is 0 Å². The third-order valence-electron chi connectivity index (χ3n) is 5.41. The van der Waals surface area contributed by atoms with Crippen LogP contribution in [-0.4, -0.2) is 34.7 Å². The Balaban J connectivity index is 1.74. The van der Waals surface area contributed by atoms with Crippen LogP contribution in [0.4, 0.5) is 0 Å². The topological polar surface area (TPSA) is 43.7 Å². The summed E-state index contributed by atoms with van der Waals surface area (Å²) in [6.07, 6.45) is 3.23. The minimum atomic E-state index is 0.103. The molecule has 0 aromatic heterocycles. The highest BCUT2D eigenvalue weighted by Crippen LogP contribution is 2.44. The van der Waals surface area contributed by atoms with Crippen LogP contribution in [0.1, 0.15) is 44.7 Å². The SMILES string of the molecule is CC(C)(C)CC1(c2cccc(O)c2)CCN(CCc2ccc(O)cc2)C1. The molecule has 140 valence electrons. The van der Waals surface area contributed by atoms with Crippen LogP contribution in [0.3, 0.4) is 0 Å². The number of nitrogens with zero attached hydrogens (tertiary/aromatic N) is 1. The van der Waals surface area contributed by atoms with Crippen LogP contribution < -0.4 is 0 Å². The van der Waals surface area contributed by atoms with E-state index in [2.05, 4.69) is 31.7 Å². The van der Waals surface area contributed by atoms with Crippen LogP contribution in [0.2, 0.25) is 0 Å². The van der Waals surface area contributed by atoms with Gasteiger partial charge in [0, 0.05) is 18.5 Å². The Hall–Kier alpha value is -2.00. The van der Waals surface area contributed by atoms with Crippen LogP contribution in [0, 0.1) is 5.41 Å². The van der Waals surface area contributed by atoms with Crippen LogP contribution >= 0.6 is 0 Å². The molecule has 0 spiro atoms. The Bertz CT molecular complexity index is 733. The first-order valence-electron chi connectivity index (χ1n) is 9.56. The number of hydrogen-bond acceptors (Lipinski definition) is 3. The highest BCUT2D eigenvalue weighted by molar-refractivity contribution is 5.35. The molecule has 0 saturated carbocycles. The smallest absolute Gasteiger partial charge is 0.115 e. The van der Waals surface area contributed by atoms with E-state index in [9.17, 15) is 10.2 Å². The minimum absolute atomic E-state index is 0.103. The summed E-state index contributed by atoms with van der Waals surface area (Å²) in [5.74, 6) is 0.682. The summed E-state index contributed by atoms with van der Waals surface area (Å²) < 4.78 is 0. The molecule has 2 N–H and O–H groups in total. The predicted molar refractivity (Wildman–Crippen MR) is 107 cm³/mol. The molecule has 3 rings (SSSR count). The van der Waals surface area contributed by atoms with Gasteiger partial charge in [-0.1, -0.05) is 45.0 Å². The molecule has 0 radical (unpaired) electrons. The number of aromatic hydroxyl groups is 2. The molecule has 3 heteroatoms. The number of rotatable bonds is 5. The first kappa shape index (κ1) is 18.8. The van der Waals surface area contributed by atoms with E-state index >= 15 is 0 Å². The summed E-state index contributed by atoms with van der Waals surface area (Å²) >= 11 is 0. The van der Waals surface area contributed by atoms with E-state index in [0.717, 1.165) is 38.9 Å². The number of likely N-dealkylation sites (tertiary alicyclic amines) is 1. The van der Waals surface area contributed by atoms with Gasteiger partial charge in [0.15, 0.2) is 0 Å². The van der Waals surface area contributed by atoms with E-state index in [1.807, 2.05) is 24.3 Å². The number of phenolic OH excluding ortho intramolecular Hbond substituents is 2. The van der Waals surface area contributed by atoms with Gasteiger partial charge < -0.3 is 15.1 Å². The lowest BCUT2D eigenvalue weighted by Gasteiger charge is -2.36. The minimum Gasteiger partial charge on any atom is -0.508 e. The summed E-state index contributed by atoms with van der Waals surface area (Å²) in [6, 6.07) is 15.4. The molecule has 1 fully saturated rings. The van der Waals surface area contributed by atoms with E-state index < -0.39 is 0 Å². The predicted octanol–water partition coefficient (Wildman–Crippen LogP) is 4.72. The molecule has 3 nitrogen and oxygen atoms in total. The van der Waals surface area contributed by atoms with Gasteiger partial charge in [0.25, 0.3) is 0 Å². The standard InChI is InChI=1S/C23H31NO2/c1-22(2,3)16-23(19-5-4-6-21(26)15-19)12-14-24(17-23)13-11-18-7-9-20(25)10-8-18/h4-10,15,25-26H,11-14,16-17H2,1-3H3. The maximum Gasteiger partial charge on any atom is 0.115 e. The fourth-order valence-electron chi connectivity index (χ4n) is 4.43. The van der Waals surface area contributed by atoms with Gasteiger partial charge in [-0.3, -0.25) is 0 Å². The van der Waals surface area contributed by atoms with E-state index in [0.29, 0.717) is 11.5 Å². The van der Waals surface area contributed by atoms with Gasteiger partial charge in [-0.15, -0.1) is 0 Å². The average Bonchev–Trinajstić information content (AvgIpc) is 2.97. The summed E-state index contributed by atoms with van der Waals surface area (Å²) in [5.41, 5.74) is 2.86. The Labute approximate surface area is 157 Å². The third kappa shape index (κ3) is 4.59. The van der Waals surface area contributed by atoms with Crippen LogP contribution in [0.5, 0.6) is 11.5 Å². The molecule has 0 bridgehead atoms. The molecule has 26 heavy (non-hydrogen) atoms. The third-order valence-corrected chi connectivity index (χ3v) is 5.41. The van der Waals surface area contributed by atoms with Gasteiger partial charge in [0.1, 0.15) is 11.5 Å². The van der Waals surface area contributed by atoms with Crippen molar-refractivity contribution in [2.24, 2.45) is 5.41 Å². The van der Waals surface area contributed by atoms with Gasteiger partial charge in [-0.25, -0.2) is 0 Å². The van der Waals surface area contributed by atoms with Crippen molar-refractivity contribution in [3.05, 3.63) is 59.7 Å². The molecule has 1 heterocycles. The normalized spacial score (nSPS) is 21.2. The molecule has 2 aromatic rings. The lowest BCUT2D eigenvalue weighted by Crippen LogP contribution is -2.35. The molecule has 1 saturated heterocycles. The molecule has 0 amide bonds. The molecule has 1 aliphatic heterocycles. The molecule has 1 aliphatic rings. The number of benzene rings is 2. The lowest BCUT2D eigenvalue weighted by atomic mass is 9.69. The second-order valence-corrected chi connectivity index (χ2v) is 9.01. The van der Waals surface area contributed by atoms with Gasteiger partial charge in [-0.05, 0) is 66.6 Å². The lowest BCUT2D eigenvalue weighted by molar-refractivity contribution is 0.238. The fraction of sp³-hybridized carbons (Fsp3) is 0.478. The van der Waals surface area contributed by atoms with Crippen LogP contribution in [0.15, 0.2) is 48.5 Å². The largest absolute Gasteiger partial charge is 0.508 e. The zero-order valence-electron chi connectivity index (χ0n) is 16.2. The van der Waals surface area contributed by atoms with E-state index in [4.69, 9.17) is 0 Å². The van der Waals surface area contributed by atoms with Crippen molar-refractivity contribution in [1.29, 1.82) is 0 Å². The van der Waals surface area contributed by atoms with Crippen LogP contribution in [0.25, 0.3) is 0 Å². The van der Waals surface area contributed by atoms with E-state index in [1.165, 1.54) is 11.1 Å². The van der Waals surface area contributed by atoms with E-state index in [-0.39, 0.29) is 10.8 Å². The van der Waals surface area contributed by atoms with Crippen molar-refractivity contribution < 1.29 is 10.2 Å². The summed E-state index contributed by atoms with van der Waals surface area (Å²) in [4.78, 5) is 2.54. The quantitative estimate of drug-likeness (QED) is 0.817. The second kappa shape index (κ2) is 7.32. The monoisotopic (exact) mass is 353 g/mol. The fourth-order valence-corrected chi connectivity index (χ4v) is 4.43. The van der Waals surface area contributed by atoms with Crippen molar-refractivity contribution in [3.63, 3.8) is 0 Å².